The van der Waals surface area contributed by atoms with E-state index in [-0.39, 0.29) is 76.4 Å². The van der Waals surface area contributed by atoms with Gasteiger partial charge >= 0.3 is 23.9 Å². The number of nitrogens with one attached hydrogen (secondary N) is 1. The van der Waals surface area contributed by atoms with Crippen LogP contribution in [0.1, 0.15) is 174 Å². The number of ether oxygens (including phenoxy) is 6. The topological polar surface area (TPSA) is 437 Å². The Morgan fingerprint density at radius 1 is 0.396 bits per heavy atom. The average Bonchev–Trinajstić information content (AvgIpc) is 1.59. The predicted octanol–water partition coefficient (Wildman–Crippen LogP) is 17.0. The maximum atomic E-state index is 11.8. The van der Waals surface area contributed by atoms with Gasteiger partial charge in [0.15, 0.2) is 0 Å². The van der Waals surface area contributed by atoms with Gasteiger partial charge in [0.25, 0.3) is 23.6 Å². The highest BCUT2D eigenvalue weighted by atomic mass is 79.9. The lowest BCUT2D eigenvalue weighted by Gasteiger charge is -2.25. The van der Waals surface area contributed by atoms with Crippen molar-refractivity contribution in [1.29, 1.82) is 21.0 Å². The van der Waals surface area contributed by atoms with Gasteiger partial charge in [0.1, 0.15) is 52.6 Å². The molecule has 12 aromatic rings. The van der Waals surface area contributed by atoms with Crippen LogP contribution in [-0.2, 0) is 76.0 Å². The van der Waals surface area contributed by atoms with E-state index in [1.165, 1.54) is 71.6 Å². The Morgan fingerprint density at radius 2 is 0.676 bits per heavy atom. The predicted molar refractivity (Wildman–Crippen MR) is 516 cm³/mol. The zero-order valence-electron chi connectivity index (χ0n) is 79.3. The number of alkyl halides is 1. The summed E-state index contributed by atoms with van der Waals surface area (Å²) in [6.45, 7) is 22.8. The number of carboxylic acid groups (broad SMARTS) is 2. The van der Waals surface area contributed by atoms with Crippen LogP contribution in [-0.4, -0.2) is 205 Å². The molecule has 4 saturated heterocycles. The van der Waals surface area contributed by atoms with Crippen molar-refractivity contribution in [3.8, 4) is 139 Å². The minimum Gasteiger partial charge on any atom is -0.490 e. The standard InChI is InChI=1S/C27H28N4O4.2C26H26N4O4.C24H24N4O2.C3H5BrO2/c1-17(2)34-23-8-7-18(13-19(23)14-28)26-29-25(30-35-26)21-5-4-6-22-20(21)9-10-27(22)11-12-31(16-27)15-24(32)33-3;2*1-16(2)33-22-7-6-17(12-18(22)13-27)25-28-24(29-34-25)20-4-3-5-21-19(20)8-9-26(21)10-11-30(15-26)14-23(31)32;1-15(2)29-21-7-6-16(12-17(21)13-25)23-27-22(28-30-23)19-4-3-5-20-18(19)8-9-24(20)10-11-26-14-24;1-6-3(5)2-4/h4-8,13,17H,9-12,15-16H2,1-3H3;2*3-7,12,16H,8-11,14-15H2,1-2H3,(H,31,32);3-7,12,15,26H,8-11,14H2,1-2H3;2H2,1H3. The minimum atomic E-state index is -0.785. The first kappa shape index (κ1) is 97.8. The molecule has 716 valence electrons. The molecule has 4 aromatic heterocycles. The fourth-order valence-electron chi connectivity index (χ4n) is 20.9. The first-order valence-electron chi connectivity index (χ1n) is 46.8. The van der Waals surface area contributed by atoms with E-state index < -0.39 is 11.9 Å². The zero-order chi connectivity index (χ0) is 98.0. The molecule has 8 aromatic carbocycles. The van der Waals surface area contributed by atoms with Crippen molar-refractivity contribution in [2.24, 2.45) is 0 Å². The Hall–Kier alpha value is -14.3. The number of likely N-dealkylation sites (tertiary alicyclic amines) is 3. The van der Waals surface area contributed by atoms with E-state index in [0.29, 0.717) is 121 Å². The molecule has 4 spiro atoms. The number of carbonyl (C=O) groups is 4. The van der Waals surface area contributed by atoms with Crippen LogP contribution in [0, 0.1) is 45.3 Å². The van der Waals surface area contributed by atoms with Gasteiger partial charge in [-0.3, -0.25) is 33.9 Å². The lowest BCUT2D eigenvalue weighted by atomic mass is 9.81. The van der Waals surface area contributed by atoms with Gasteiger partial charge in [-0.1, -0.05) is 109 Å². The highest BCUT2D eigenvalue weighted by Crippen LogP contribution is 2.53. The molecule has 32 nitrogen and oxygen atoms in total. The normalized spacial score (nSPS) is 19.0. The molecule has 8 heterocycles. The highest BCUT2D eigenvalue weighted by Gasteiger charge is 2.49. The fraction of sp³-hybridized carbons (Fsp3) is 0.396. The van der Waals surface area contributed by atoms with Crippen molar-refractivity contribution < 1.29 is 75.9 Å². The molecule has 4 unspecified atom stereocenters. The van der Waals surface area contributed by atoms with Gasteiger partial charge in [-0.15, -0.1) is 0 Å². The molecule has 4 fully saturated rings. The summed E-state index contributed by atoms with van der Waals surface area (Å²) in [4.78, 5) is 68.9. The first-order valence-corrected chi connectivity index (χ1v) is 47.9. The maximum absolute atomic E-state index is 11.8. The van der Waals surface area contributed by atoms with E-state index in [1.807, 2.05) is 126 Å². The minimum absolute atomic E-state index is 0.00325. The Bertz CT molecular complexity index is 6560. The van der Waals surface area contributed by atoms with Crippen molar-refractivity contribution in [2.45, 2.75) is 179 Å². The second-order valence-corrected chi connectivity index (χ2v) is 38.0. The number of carbonyl (C=O) groups excluding carboxylic acids is 2. The summed E-state index contributed by atoms with van der Waals surface area (Å²) in [5.74, 6) is 3.80. The molecule has 0 amide bonds. The molecular weight excluding hydrogens is 1830 g/mol. The van der Waals surface area contributed by atoms with E-state index in [0.717, 1.165) is 139 Å². The number of esters is 2. The third-order valence-corrected chi connectivity index (χ3v) is 27.5. The Labute approximate surface area is 813 Å². The zero-order valence-corrected chi connectivity index (χ0v) is 80.9. The number of nitriles is 4. The van der Waals surface area contributed by atoms with Crippen LogP contribution in [0.5, 0.6) is 23.0 Å². The van der Waals surface area contributed by atoms with Crippen LogP contribution in [0.3, 0.4) is 0 Å². The summed E-state index contributed by atoms with van der Waals surface area (Å²) < 4.78 is 54.2. The molecule has 4 atom stereocenters. The molecule has 33 heteroatoms. The van der Waals surface area contributed by atoms with Crippen molar-refractivity contribution in [1.82, 2.24) is 60.6 Å². The van der Waals surface area contributed by atoms with Gasteiger partial charge in [-0.2, -0.15) is 41.0 Å². The van der Waals surface area contributed by atoms with Crippen LogP contribution < -0.4 is 24.3 Å². The molecule has 0 saturated carbocycles. The lowest BCUT2D eigenvalue weighted by Crippen LogP contribution is -2.32. The average molecular weight is 1940 g/mol. The van der Waals surface area contributed by atoms with Crippen LogP contribution >= 0.6 is 15.9 Å². The van der Waals surface area contributed by atoms with Crippen LogP contribution in [0.4, 0.5) is 0 Å². The number of fused-ring (bicyclic) bond motifs is 8. The summed E-state index contributed by atoms with van der Waals surface area (Å²) in [5, 5.41) is 77.3. The van der Waals surface area contributed by atoms with E-state index >= 15 is 0 Å². The summed E-state index contributed by atoms with van der Waals surface area (Å²) in [7, 11) is 2.78. The second kappa shape index (κ2) is 42.3. The molecule has 3 N–H and O–H groups in total. The van der Waals surface area contributed by atoms with Crippen LogP contribution in [0.2, 0.25) is 0 Å². The van der Waals surface area contributed by atoms with Crippen molar-refractivity contribution in [3.05, 3.63) is 212 Å². The number of methoxy groups -OCH3 is 2. The first-order chi connectivity index (χ1) is 67.1. The monoisotopic (exact) mass is 1940 g/mol. The number of benzene rings is 8. The van der Waals surface area contributed by atoms with Gasteiger partial charge in [0, 0.05) is 92.3 Å². The molecular formula is C106H109BrN16O16. The Balaban J connectivity index is 0.000000131. The largest absolute Gasteiger partial charge is 0.490 e. The number of aliphatic carboxylic acids is 2. The van der Waals surface area contributed by atoms with Gasteiger partial charge in [-0.05, 0) is 276 Å². The molecule has 0 radical (unpaired) electrons. The summed E-state index contributed by atoms with van der Waals surface area (Å²) in [6, 6.07) is 55.0. The second-order valence-electron chi connectivity index (χ2n) is 37.5. The summed E-state index contributed by atoms with van der Waals surface area (Å²) >= 11 is 2.90. The number of halogens is 1. The lowest BCUT2D eigenvalue weighted by molar-refractivity contribution is -0.142. The maximum Gasteiger partial charge on any atom is 0.319 e. The van der Waals surface area contributed by atoms with Gasteiger partial charge < -0.3 is 62.0 Å². The van der Waals surface area contributed by atoms with E-state index in [9.17, 15) is 50.4 Å². The number of carboxylic acids is 2. The quantitative estimate of drug-likeness (QED) is 0.0395. The third kappa shape index (κ3) is 21.2. The van der Waals surface area contributed by atoms with Gasteiger partial charge in [0.05, 0.1) is 80.5 Å². The van der Waals surface area contributed by atoms with Gasteiger partial charge in [0.2, 0.25) is 23.3 Å². The number of aromatic nitrogens is 8. The van der Waals surface area contributed by atoms with E-state index in [2.05, 4.69) is 132 Å². The third-order valence-electron chi connectivity index (χ3n) is 27.1. The number of nitrogens with zero attached hydrogens (tertiary/aromatic N) is 15. The SMILES string of the molecule is CC(C)Oc1ccc(-c2nc(-c3cccc4c3CCC43CCN(CC(=O)O)C3)no2)cc1C#N.CC(C)Oc1ccc(-c2nc(-c3cccc4c3CCC43CCN(CC(=O)O)C3)no2)cc1C#N.CC(C)Oc1ccc(-c2nc(-c3cccc4c3CCC43CCNC3)no2)cc1C#N.COC(=O)CBr.COC(=O)CN1CCC2(CCc3c(-c4noc(-c5ccc(OC(C)C)c(C#N)c5)n4)cccc32)C1. The molecule has 139 heavy (non-hydrogen) atoms. The number of rotatable bonds is 23. The Kier molecular flexibility index (Phi) is 29.8. The highest BCUT2D eigenvalue weighted by molar-refractivity contribution is 9.09. The van der Waals surface area contributed by atoms with Crippen molar-refractivity contribution in [3.63, 3.8) is 0 Å². The summed E-state index contributed by atoms with van der Waals surface area (Å²) in [6.07, 6.45) is 11.9. The molecule has 4 aliphatic heterocycles. The van der Waals surface area contributed by atoms with Crippen molar-refractivity contribution >= 4 is 39.8 Å². The molecule has 8 aliphatic rings. The van der Waals surface area contributed by atoms with Crippen LogP contribution in [0.25, 0.3) is 91.4 Å². The number of hydrogen-bond donors (Lipinski definition) is 3. The number of hydrogen-bond acceptors (Lipinski definition) is 30. The van der Waals surface area contributed by atoms with Crippen LogP contribution in [0.15, 0.2) is 164 Å². The van der Waals surface area contributed by atoms with Crippen molar-refractivity contribution in [2.75, 3.05) is 91.5 Å². The fourth-order valence-corrected chi connectivity index (χ4v) is 21.1. The van der Waals surface area contributed by atoms with Gasteiger partial charge in [-0.25, -0.2) is 0 Å². The Morgan fingerprint density at radius 3 is 0.921 bits per heavy atom. The summed E-state index contributed by atoms with van der Waals surface area (Å²) in [5.41, 5.74) is 18.9. The molecule has 0 bridgehead atoms. The molecule has 4 aliphatic carbocycles. The van der Waals surface area contributed by atoms with E-state index in [1.54, 1.807) is 48.5 Å². The molecule has 20 rings (SSSR count). The smallest absolute Gasteiger partial charge is 0.319 e. The van der Waals surface area contributed by atoms with E-state index in [4.69, 9.17) is 41.8 Å².